The van der Waals surface area contributed by atoms with E-state index in [1.807, 2.05) is 59.5 Å². The minimum Gasteiger partial charge on any atom is -0.312 e. The maximum Gasteiger partial charge on any atom is 0.236 e. The van der Waals surface area contributed by atoms with Gasteiger partial charge in [-0.2, -0.15) is 0 Å². The summed E-state index contributed by atoms with van der Waals surface area (Å²) in [5, 5.41) is 1.97. The Balaban J connectivity index is 1.56. The van der Waals surface area contributed by atoms with Crippen molar-refractivity contribution < 1.29 is 13.2 Å². The summed E-state index contributed by atoms with van der Waals surface area (Å²) in [6.07, 6.45) is 3.06. The maximum atomic E-state index is 12.9. The van der Waals surface area contributed by atoms with Crippen molar-refractivity contribution in [1.82, 2.24) is 0 Å². The van der Waals surface area contributed by atoms with E-state index in [0.717, 1.165) is 40.4 Å². The first kappa shape index (κ1) is 20.4. The predicted molar refractivity (Wildman–Crippen MR) is 122 cm³/mol. The number of amides is 1. The van der Waals surface area contributed by atoms with Gasteiger partial charge in [0.15, 0.2) is 0 Å². The summed E-state index contributed by atoms with van der Waals surface area (Å²) < 4.78 is 28.4. The van der Waals surface area contributed by atoms with Crippen molar-refractivity contribution in [3.05, 3.63) is 71.8 Å². The van der Waals surface area contributed by atoms with Crippen molar-refractivity contribution in [1.29, 1.82) is 0 Å². The van der Waals surface area contributed by atoms with Crippen LogP contribution in [0.1, 0.15) is 37.3 Å². The molecule has 0 saturated heterocycles. The molecule has 0 aromatic heterocycles. The molecule has 0 atom stereocenters. The number of hydrogen-bond donors (Lipinski definition) is 1. The Hall–Kier alpha value is -2.86. The fraction of sp³-hybridized carbons (Fsp3) is 0.292. The van der Waals surface area contributed by atoms with E-state index in [1.54, 1.807) is 6.07 Å². The second-order valence-electron chi connectivity index (χ2n) is 7.74. The molecular formula is C24H26N2O3S. The Morgan fingerprint density at radius 1 is 1.00 bits per heavy atom. The van der Waals surface area contributed by atoms with Crippen LogP contribution in [0.15, 0.2) is 60.7 Å². The number of nitrogens with one attached hydrogen (secondary N) is 1. The molecule has 1 aliphatic heterocycles. The van der Waals surface area contributed by atoms with Crippen LogP contribution in [0.3, 0.4) is 0 Å². The average Bonchev–Trinajstić information content (AvgIpc) is 2.73. The van der Waals surface area contributed by atoms with Gasteiger partial charge in [0.2, 0.25) is 15.9 Å². The van der Waals surface area contributed by atoms with Crippen molar-refractivity contribution in [2.75, 3.05) is 16.2 Å². The molecule has 0 bridgehead atoms. The molecule has 1 aliphatic rings. The van der Waals surface area contributed by atoms with E-state index < -0.39 is 10.0 Å². The highest BCUT2D eigenvalue weighted by Gasteiger charge is 2.24. The van der Waals surface area contributed by atoms with Crippen molar-refractivity contribution in [3.63, 3.8) is 0 Å². The van der Waals surface area contributed by atoms with Gasteiger partial charge in [-0.15, -0.1) is 0 Å². The monoisotopic (exact) mass is 422 g/mol. The average molecular weight is 423 g/mol. The Labute approximate surface area is 177 Å². The molecule has 156 valence electrons. The highest BCUT2D eigenvalue weighted by Crippen LogP contribution is 2.31. The van der Waals surface area contributed by atoms with E-state index in [2.05, 4.69) is 11.6 Å². The molecule has 30 heavy (non-hydrogen) atoms. The van der Waals surface area contributed by atoms with Gasteiger partial charge in [-0.05, 0) is 52.9 Å². The number of benzene rings is 3. The van der Waals surface area contributed by atoms with Crippen LogP contribution in [0, 0.1) is 0 Å². The van der Waals surface area contributed by atoms with Gasteiger partial charge in [-0.3, -0.25) is 9.52 Å². The van der Waals surface area contributed by atoms with E-state index >= 15 is 0 Å². The quantitative estimate of drug-likeness (QED) is 0.591. The molecule has 1 N–H and O–H groups in total. The lowest BCUT2D eigenvalue weighted by Crippen LogP contribution is -2.35. The van der Waals surface area contributed by atoms with E-state index in [4.69, 9.17) is 0 Å². The van der Waals surface area contributed by atoms with Gasteiger partial charge in [-0.1, -0.05) is 55.8 Å². The molecule has 4 rings (SSSR count). The van der Waals surface area contributed by atoms with Gasteiger partial charge in [-0.25, -0.2) is 8.42 Å². The number of nitrogens with zero attached hydrogens (tertiary/aromatic N) is 1. The van der Waals surface area contributed by atoms with Crippen LogP contribution in [0.2, 0.25) is 0 Å². The summed E-state index contributed by atoms with van der Waals surface area (Å²) in [5.41, 5.74) is 3.22. The van der Waals surface area contributed by atoms with Crippen molar-refractivity contribution in [3.8, 4) is 0 Å². The van der Waals surface area contributed by atoms with Gasteiger partial charge in [0, 0.05) is 24.3 Å². The van der Waals surface area contributed by atoms with E-state index in [0.29, 0.717) is 25.1 Å². The van der Waals surface area contributed by atoms with E-state index in [-0.39, 0.29) is 11.7 Å². The Kier molecular flexibility index (Phi) is 5.77. The summed E-state index contributed by atoms with van der Waals surface area (Å²) in [4.78, 5) is 14.1. The molecular weight excluding hydrogens is 396 g/mol. The number of anilines is 2. The third kappa shape index (κ3) is 4.33. The normalized spacial score (nSPS) is 14.0. The van der Waals surface area contributed by atoms with Crippen LogP contribution in [-0.2, 0) is 27.0 Å². The van der Waals surface area contributed by atoms with Crippen LogP contribution in [0.4, 0.5) is 11.4 Å². The van der Waals surface area contributed by atoms with Crippen LogP contribution < -0.4 is 9.62 Å². The summed E-state index contributed by atoms with van der Waals surface area (Å²) in [7, 11) is -3.57. The summed E-state index contributed by atoms with van der Waals surface area (Å²) in [5.74, 6) is 0.0484. The minimum absolute atomic E-state index is 0.0907. The molecule has 1 heterocycles. The molecule has 0 radical (unpaired) electrons. The Morgan fingerprint density at radius 3 is 2.63 bits per heavy atom. The topological polar surface area (TPSA) is 66.5 Å². The minimum atomic E-state index is -3.57. The van der Waals surface area contributed by atoms with Crippen LogP contribution >= 0.6 is 0 Å². The first-order chi connectivity index (χ1) is 14.5. The maximum absolute atomic E-state index is 12.9. The molecule has 0 saturated carbocycles. The number of aryl methyl sites for hydroxylation is 1. The zero-order valence-electron chi connectivity index (χ0n) is 17.1. The molecule has 3 aromatic carbocycles. The number of hydrogen-bond acceptors (Lipinski definition) is 3. The zero-order chi connectivity index (χ0) is 21.1. The van der Waals surface area contributed by atoms with E-state index in [1.165, 1.54) is 0 Å². The second-order valence-corrected chi connectivity index (χ2v) is 9.46. The lowest BCUT2D eigenvalue weighted by molar-refractivity contribution is -0.118. The van der Waals surface area contributed by atoms with Crippen molar-refractivity contribution in [2.45, 2.75) is 38.4 Å². The second kappa shape index (κ2) is 8.48. The molecule has 1 amide bonds. The third-order valence-corrected chi connectivity index (χ3v) is 6.75. The van der Waals surface area contributed by atoms with E-state index in [9.17, 15) is 13.2 Å². The zero-order valence-corrected chi connectivity index (χ0v) is 17.9. The van der Waals surface area contributed by atoms with Gasteiger partial charge in [0.1, 0.15) is 0 Å². The van der Waals surface area contributed by atoms with Crippen molar-refractivity contribution in [2.24, 2.45) is 0 Å². The summed E-state index contributed by atoms with van der Waals surface area (Å²) >= 11 is 0. The van der Waals surface area contributed by atoms with Gasteiger partial charge in [0.25, 0.3) is 0 Å². The first-order valence-corrected chi connectivity index (χ1v) is 12.0. The van der Waals surface area contributed by atoms with Gasteiger partial charge >= 0.3 is 0 Å². The molecule has 5 nitrogen and oxygen atoms in total. The lowest BCUT2D eigenvalue weighted by atomic mass is 10.00. The number of rotatable bonds is 7. The van der Waals surface area contributed by atoms with Gasteiger partial charge in [0.05, 0.1) is 5.75 Å². The molecule has 0 aliphatic carbocycles. The van der Waals surface area contributed by atoms with Gasteiger partial charge < -0.3 is 4.90 Å². The fourth-order valence-corrected chi connectivity index (χ4v) is 5.24. The number of carbonyl (C=O) groups excluding carboxylic acids is 1. The SMILES string of the molecule is CCCCN1C(=O)CCc2cc(NS(=O)(=O)Cc3cccc4ccccc34)ccc21. The smallest absolute Gasteiger partial charge is 0.236 e. The summed E-state index contributed by atoms with van der Waals surface area (Å²) in [6.45, 7) is 2.80. The third-order valence-electron chi connectivity index (χ3n) is 5.51. The van der Waals surface area contributed by atoms with Crippen molar-refractivity contribution >= 4 is 38.1 Å². The highest BCUT2D eigenvalue weighted by molar-refractivity contribution is 7.91. The standard InChI is InChI=1S/C24H26N2O3S/c1-2-3-15-26-23-13-12-21(16-19(23)11-14-24(26)27)25-30(28,29)17-20-9-6-8-18-7-4-5-10-22(18)20/h4-10,12-13,16,25H,2-3,11,14-15,17H2,1H3. The molecule has 0 unspecified atom stereocenters. The Morgan fingerprint density at radius 2 is 1.80 bits per heavy atom. The molecule has 0 spiro atoms. The molecule has 6 heteroatoms. The molecule has 3 aromatic rings. The number of unbranched alkanes of at least 4 members (excludes halogenated alkanes) is 1. The number of carbonyl (C=O) groups is 1. The largest absolute Gasteiger partial charge is 0.312 e. The first-order valence-electron chi connectivity index (χ1n) is 10.4. The molecule has 0 fully saturated rings. The van der Waals surface area contributed by atoms with Crippen LogP contribution in [-0.4, -0.2) is 20.9 Å². The van der Waals surface area contributed by atoms with Crippen LogP contribution in [0.5, 0.6) is 0 Å². The predicted octanol–water partition coefficient (Wildman–Crippen LogP) is 4.86. The highest BCUT2D eigenvalue weighted by atomic mass is 32.2. The number of fused-ring (bicyclic) bond motifs is 2. The Bertz CT molecular complexity index is 1180. The lowest BCUT2D eigenvalue weighted by Gasteiger charge is -2.30. The van der Waals surface area contributed by atoms with Crippen LogP contribution in [0.25, 0.3) is 10.8 Å². The summed E-state index contributed by atoms with van der Waals surface area (Å²) in [6, 6.07) is 19.0. The number of sulfonamides is 1. The fourth-order valence-electron chi connectivity index (χ4n) is 4.02.